The van der Waals surface area contributed by atoms with Gasteiger partial charge in [0, 0.05) is 17.6 Å². The summed E-state index contributed by atoms with van der Waals surface area (Å²) in [4.78, 5) is 2.14. The monoisotopic (exact) mass is 356 g/mol. The summed E-state index contributed by atoms with van der Waals surface area (Å²) in [5.41, 5.74) is 1.19. The first kappa shape index (κ1) is 15.6. The maximum atomic E-state index is 5.99. The molecule has 1 N–H and O–H groups in total. The zero-order chi connectivity index (χ0) is 14.5. The van der Waals surface area contributed by atoms with Crippen LogP contribution >= 0.6 is 27.5 Å². The highest BCUT2D eigenvalue weighted by Crippen LogP contribution is 2.23. The van der Waals surface area contributed by atoms with Gasteiger partial charge in [-0.05, 0) is 59.9 Å². The summed E-state index contributed by atoms with van der Waals surface area (Å²) in [6, 6.07) is 10.1. The van der Waals surface area contributed by atoms with E-state index in [1.807, 2.05) is 44.4 Å². The Hall–Kier alpha value is -0.810. The Morgan fingerprint density at radius 1 is 1.35 bits per heavy atom. The molecule has 2 aromatic rings. The Labute approximate surface area is 133 Å². The molecule has 0 saturated heterocycles. The van der Waals surface area contributed by atoms with Crippen molar-refractivity contribution in [3.05, 3.63) is 57.4 Å². The Bertz CT molecular complexity index is 543. The summed E-state index contributed by atoms with van der Waals surface area (Å²) in [6.07, 6.45) is 1.71. The lowest BCUT2D eigenvalue weighted by Gasteiger charge is -2.22. The van der Waals surface area contributed by atoms with Crippen molar-refractivity contribution in [3.8, 4) is 0 Å². The highest BCUT2D eigenvalue weighted by Gasteiger charge is 2.16. The van der Waals surface area contributed by atoms with E-state index in [2.05, 4.69) is 26.1 Å². The summed E-state index contributed by atoms with van der Waals surface area (Å²) in [5.74, 6) is 0.972. The van der Waals surface area contributed by atoms with Crippen LogP contribution in [0.2, 0.25) is 5.02 Å². The van der Waals surface area contributed by atoms with Crippen LogP contribution in [0.15, 0.2) is 45.5 Å². The predicted molar refractivity (Wildman–Crippen MR) is 86.0 cm³/mol. The molecule has 0 aliphatic carbocycles. The summed E-state index contributed by atoms with van der Waals surface area (Å²) in [6.45, 7) is 1.61. The van der Waals surface area contributed by atoms with E-state index >= 15 is 0 Å². The number of nitrogens with one attached hydrogen (secondary N) is 1. The van der Waals surface area contributed by atoms with Gasteiger partial charge >= 0.3 is 0 Å². The van der Waals surface area contributed by atoms with Gasteiger partial charge in [0.15, 0.2) is 0 Å². The first-order chi connectivity index (χ1) is 9.58. The molecular formula is C15H18BrClN2O. The van der Waals surface area contributed by atoms with Crippen molar-refractivity contribution in [2.45, 2.75) is 12.6 Å². The zero-order valence-corrected chi connectivity index (χ0v) is 13.9. The van der Waals surface area contributed by atoms with E-state index < -0.39 is 0 Å². The fourth-order valence-electron chi connectivity index (χ4n) is 2.02. The molecule has 1 aromatic carbocycles. The van der Waals surface area contributed by atoms with E-state index in [0.29, 0.717) is 0 Å². The maximum Gasteiger partial charge on any atom is 0.122 e. The van der Waals surface area contributed by atoms with Crippen LogP contribution in [0.25, 0.3) is 0 Å². The van der Waals surface area contributed by atoms with Crippen LogP contribution < -0.4 is 5.32 Å². The smallest absolute Gasteiger partial charge is 0.122 e. The fraction of sp³-hybridized carbons (Fsp3) is 0.333. The van der Waals surface area contributed by atoms with Gasteiger partial charge in [-0.25, -0.2) is 0 Å². The van der Waals surface area contributed by atoms with Crippen molar-refractivity contribution in [1.82, 2.24) is 10.2 Å². The minimum Gasteiger partial charge on any atom is -0.468 e. The SMILES string of the molecule is CN(C)C(CNCc1ccc(Cl)c(Br)c1)c1ccco1. The molecule has 1 unspecified atom stereocenters. The second-order valence-corrected chi connectivity index (χ2v) is 6.14. The number of furan rings is 1. The van der Waals surface area contributed by atoms with E-state index in [1.165, 1.54) is 5.56 Å². The summed E-state index contributed by atoms with van der Waals surface area (Å²) in [5, 5.41) is 4.18. The largest absolute Gasteiger partial charge is 0.468 e. The summed E-state index contributed by atoms with van der Waals surface area (Å²) in [7, 11) is 4.10. The number of benzene rings is 1. The molecular weight excluding hydrogens is 340 g/mol. The summed E-state index contributed by atoms with van der Waals surface area (Å²) < 4.78 is 6.41. The molecule has 0 fully saturated rings. The van der Waals surface area contributed by atoms with E-state index in [9.17, 15) is 0 Å². The van der Waals surface area contributed by atoms with Gasteiger partial charge in [-0.1, -0.05) is 17.7 Å². The normalized spacial score (nSPS) is 12.8. The third kappa shape index (κ3) is 4.09. The highest BCUT2D eigenvalue weighted by atomic mass is 79.9. The van der Waals surface area contributed by atoms with Gasteiger partial charge < -0.3 is 9.73 Å². The third-order valence-electron chi connectivity index (χ3n) is 3.15. The second kappa shape index (κ2) is 7.27. The molecule has 0 spiro atoms. The molecule has 0 radical (unpaired) electrons. The quantitative estimate of drug-likeness (QED) is 0.844. The molecule has 1 atom stereocenters. The Balaban J connectivity index is 1.92. The van der Waals surface area contributed by atoms with Crippen molar-refractivity contribution < 1.29 is 4.42 Å². The predicted octanol–water partition coefficient (Wildman–Crippen LogP) is 4.09. The fourth-order valence-corrected chi connectivity index (χ4v) is 2.57. The lowest BCUT2D eigenvalue weighted by Crippen LogP contribution is -2.30. The molecule has 20 heavy (non-hydrogen) atoms. The molecule has 1 heterocycles. The first-order valence-electron chi connectivity index (χ1n) is 6.42. The van der Waals surface area contributed by atoms with Crippen molar-refractivity contribution in [2.75, 3.05) is 20.6 Å². The second-order valence-electron chi connectivity index (χ2n) is 4.87. The number of likely N-dealkylation sites (N-methyl/N-ethyl adjacent to an activating group) is 1. The van der Waals surface area contributed by atoms with Gasteiger partial charge in [-0.15, -0.1) is 0 Å². The average Bonchev–Trinajstić information content (AvgIpc) is 2.92. The third-order valence-corrected chi connectivity index (χ3v) is 4.36. The van der Waals surface area contributed by atoms with E-state index in [1.54, 1.807) is 6.26 Å². The van der Waals surface area contributed by atoms with Crippen LogP contribution in [0.5, 0.6) is 0 Å². The molecule has 0 aliphatic rings. The lowest BCUT2D eigenvalue weighted by atomic mass is 10.2. The molecule has 108 valence electrons. The lowest BCUT2D eigenvalue weighted by molar-refractivity contribution is 0.250. The molecule has 1 aromatic heterocycles. The Morgan fingerprint density at radius 3 is 2.75 bits per heavy atom. The average molecular weight is 358 g/mol. The zero-order valence-electron chi connectivity index (χ0n) is 11.6. The van der Waals surface area contributed by atoms with Gasteiger partial charge in [0.1, 0.15) is 5.76 Å². The standard InChI is InChI=1S/C15H18BrClN2O/c1-19(2)14(15-4-3-7-20-15)10-18-9-11-5-6-13(17)12(16)8-11/h3-8,14,18H,9-10H2,1-2H3. The maximum absolute atomic E-state index is 5.99. The molecule has 0 aliphatic heterocycles. The van der Waals surface area contributed by atoms with E-state index in [4.69, 9.17) is 16.0 Å². The number of halogens is 2. The van der Waals surface area contributed by atoms with Crippen molar-refractivity contribution >= 4 is 27.5 Å². The van der Waals surface area contributed by atoms with Gasteiger partial charge in [0.2, 0.25) is 0 Å². The number of hydrogen-bond acceptors (Lipinski definition) is 3. The topological polar surface area (TPSA) is 28.4 Å². The van der Waals surface area contributed by atoms with Crippen LogP contribution in [-0.2, 0) is 6.54 Å². The van der Waals surface area contributed by atoms with Gasteiger partial charge in [0.25, 0.3) is 0 Å². The van der Waals surface area contributed by atoms with Crippen molar-refractivity contribution in [3.63, 3.8) is 0 Å². The van der Waals surface area contributed by atoms with Gasteiger partial charge in [-0.3, -0.25) is 4.90 Å². The van der Waals surface area contributed by atoms with E-state index in [-0.39, 0.29) is 6.04 Å². The van der Waals surface area contributed by atoms with Gasteiger partial charge in [0.05, 0.1) is 17.3 Å². The van der Waals surface area contributed by atoms with Crippen LogP contribution in [0, 0.1) is 0 Å². The van der Waals surface area contributed by atoms with Crippen LogP contribution in [0.1, 0.15) is 17.4 Å². The van der Waals surface area contributed by atoms with Crippen LogP contribution in [-0.4, -0.2) is 25.5 Å². The molecule has 0 amide bonds. The Kier molecular flexibility index (Phi) is 5.66. The number of hydrogen-bond donors (Lipinski definition) is 1. The van der Waals surface area contributed by atoms with E-state index in [0.717, 1.165) is 28.3 Å². The van der Waals surface area contributed by atoms with Crippen LogP contribution in [0.4, 0.5) is 0 Å². The van der Waals surface area contributed by atoms with Gasteiger partial charge in [-0.2, -0.15) is 0 Å². The molecule has 0 saturated carbocycles. The van der Waals surface area contributed by atoms with Crippen molar-refractivity contribution in [2.24, 2.45) is 0 Å². The van der Waals surface area contributed by atoms with Crippen LogP contribution in [0.3, 0.4) is 0 Å². The molecule has 2 rings (SSSR count). The minimum atomic E-state index is 0.223. The molecule has 5 heteroatoms. The minimum absolute atomic E-state index is 0.223. The number of nitrogens with zero attached hydrogens (tertiary/aromatic N) is 1. The Morgan fingerprint density at radius 2 is 2.15 bits per heavy atom. The first-order valence-corrected chi connectivity index (χ1v) is 7.59. The molecule has 0 bridgehead atoms. The number of rotatable bonds is 6. The van der Waals surface area contributed by atoms with Crippen molar-refractivity contribution in [1.29, 1.82) is 0 Å². The molecule has 3 nitrogen and oxygen atoms in total. The highest BCUT2D eigenvalue weighted by molar-refractivity contribution is 9.10. The summed E-state index contributed by atoms with van der Waals surface area (Å²) >= 11 is 9.43.